The minimum atomic E-state index is 0.485. The highest BCUT2D eigenvalue weighted by Gasteiger charge is 2.02. The third-order valence-electron chi connectivity index (χ3n) is 2.70. The van der Waals surface area contributed by atoms with E-state index in [-0.39, 0.29) is 0 Å². The highest BCUT2D eigenvalue weighted by atomic mass is 35.5. The third kappa shape index (κ3) is 4.27. The Morgan fingerprint density at radius 3 is 2.37 bits per heavy atom. The standard InChI is InChI=1S/C16H18ClNO/c1-12(2)18-11-13-7-9-14(10-8-13)19-16-6-4-3-5-15(16)17/h3-10,12,18H,11H2,1-2H3. The van der Waals surface area contributed by atoms with Gasteiger partial charge in [0.15, 0.2) is 0 Å². The highest BCUT2D eigenvalue weighted by Crippen LogP contribution is 2.28. The summed E-state index contributed by atoms with van der Waals surface area (Å²) < 4.78 is 5.74. The second kappa shape index (κ2) is 6.60. The summed E-state index contributed by atoms with van der Waals surface area (Å²) in [6, 6.07) is 16.0. The lowest BCUT2D eigenvalue weighted by Crippen LogP contribution is -2.21. The maximum atomic E-state index is 6.05. The summed E-state index contributed by atoms with van der Waals surface area (Å²) in [6.45, 7) is 5.13. The van der Waals surface area contributed by atoms with Gasteiger partial charge >= 0.3 is 0 Å². The van der Waals surface area contributed by atoms with Crippen LogP contribution in [0, 0.1) is 0 Å². The first-order valence-electron chi connectivity index (χ1n) is 6.40. The molecule has 0 saturated heterocycles. The monoisotopic (exact) mass is 275 g/mol. The second-order valence-electron chi connectivity index (χ2n) is 4.71. The number of hydrogen-bond acceptors (Lipinski definition) is 2. The van der Waals surface area contributed by atoms with E-state index in [1.54, 1.807) is 0 Å². The summed E-state index contributed by atoms with van der Waals surface area (Å²) in [7, 11) is 0. The molecule has 0 aliphatic rings. The lowest BCUT2D eigenvalue weighted by atomic mass is 10.2. The van der Waals surface area contributed by atoms with Crippen molar-refractivity contribution in [2.45, 2.75) is 26.4 Å². The average Bonchev–Trinajstić information content (AvgIpc) is 2.40. The lowest BCUT2D eigenvalue weighted by molar-refractivity contribution is 0.482. The lowest BCUT2D eigenvalue weighted by Gasteiger charge is -2.10. The molecule has 3 heteroatoms. The second-order valence-corrected chi connectivity index (χ2v) is 5.12. The first kappa shape index (κ1) is 13.9. The SMILES string of the molecule is CC(C)NCc1ccc(Oc2ccccc2Cl)cc1. The van der Waals surface area contributed by atoms with E-state index in [0.717, 1.165) is 12.3 Å². The number of ether oxygens (including phenoxy) is 1. The summed E-state index contributed by atoms with van der Waals surface area (Å²) in [5, 5.41) is 4.00. The molecule has 0 aromatic heterocycles. The predicted molar refractivity (Wildman–Crippen MR) is 79.9 cm³/mol. The number of halogens is 1. The van der Waals surface area contributed by atoms with E-state index < -0.39 is 0 Å². The van der Waals surface area contributed by atoms with Crippen LogP contribution in [-0.4, -0.2) is 6.04 Å². The molecule has 0 fully saturated rings. The van der Waals surface area contributed by atoms with Gasteiger partial charge in [0.05, 0.1) is 5.02 Å². The van der Waals surface area contributed by atoms with Gasteiger partial charge in [-0.05, 0) is 29.8 Å². The highest BCUT2D eigenvalue weighted by molar-refractivity contribution is 6.32. The molecule has 2 aromatic carbocycles. The summed E-state index contributed by atoms with van der Waals surface area (Å²) in [4.78, 5) is 0. The number of hydrogen-bond donors (Lipinski definition) is 1. The van der Waals surface area contributed by atoms with Crippen LogP contribution >= 0.6 is 11.6 Å². The van der Waals surface area contributed by atoms with Gasteiger partial charge < -0.3 is 10.1 Å². The fourth-order valence-corrected chi connectivity index (χ4v) is 1.83. The van der Waals surface area contributed by atoms with Crippen LogP contribution in [0.1, 0.15) is 19.4 Å². The van der Waals surface area contributed by atoms with Crippen LogP contribution in [0.4, 0.5) is 0 Å². The maximum Gasteiger partial charge on any atom is 0.146 e. The van der Waals surface area contributed by atoms with Gasteiger partial charge in [-0.15, -0.1) is 0 Å². The molecule has 0 atom stereocenters. The predicted octanol–water partition coefficient (Wildman–Crippen LogP) is 4.63. The summed E-state index contributed by atoms with van der Waals surface area (Å²) in [5.74, 6) is 1.47. The van der Waals surface area contributed by atoms with Gasteiger partial charge in [-0.25, -0.2) is 0 Å². The zero-order valence-corrected chi connectivity index (χ0v) is 11.9. The van der Waals surface area contributed by atoms with Crippen molar-refractivity contribution in [3.8, 4) is 11.5 Å². The minimum Gasteiger partial charge on any atom is -0.456 e. The quantitative estimate of drug-likeness (QED) is 0.859. The van der Waals surface area contributed by atoms with Crippen LogP contribution < -0.4 is 10.1 Å². The van der Waals surface area contributed by atoms with Crippen LogP contribution in [0.15, 0.2) is 48.5 Å². The number of benzene rings is 2. The first-order chi connectivity index (χ1) is 9.15. The van der Waals surface area contributed by atoms with Crippen molar-refractivity contribution >= 4 is 11.6 Å². The van der Waals surface area contributed by atoms with E-state index in [2.05, 4.69) is 31.3 Å². The van der Waals surface area contributed by atoms with E-state index in [9.17, 15) is 0 Å². The number of rotatable bonds is 5. The Bertz CT molecular complexity index is 523. The van der Waals surface area contributed by atoms with E-state index in [1.165, 1.54) is 5.56 Å². The topological polar surface area (TPSA) is 21.3 Å². The van der Waals surface area contributed by atoms with Gasteiger partial charge in [0.25, 0.3) is 0 Å². The van der Waals surface area contributed by atoms with Gasteiger partial charge in [-0.1, -0.05) is 49.7 Å². The zero-order valence-electron chi connectivity index (χ0n) is 11.2. The van der Waals surface area contributed by atoms with Crippen molar-refractivity contribution in [1.82, 2.24) is 5.32 Å². The Kier molecular flexibility index (Phi) is 4.83. The number of nitrogens with one attached hydrogen (secondary N) is 1. The molecular weight excluding hydrogens is 258 g/mol. The van der Waals surface area contributed by atoms with Crippen LogP contribution in [-0.2, 0) is 6.54 Å². The Labute approximate surface area is 119 Å². The van der Waals surface area contributed by atoms with Crippen LogP contribution in [0.2, 0.25) is 5.02 Å². The molecule has 1 N–H and O–H groups in total. The first-order valence-corrected chi connectivity index (χ1v) is 6.77. The molecule has 19 heavy (non-hydrogen) atoms. The molecule has 0 amide bonds. The summed E-state index contributed by atoms with van der Waals surface area (Å²) >= 11 is 6.05. The fourth-order valence-electron chi connectivity index (χ4n) is 1.65. The molecule has 0 spiro atoms. The average molecular weight is 276 g/mol. The molecule has 0 unspecified atom stereocenters. The summed E-state index contributed by atoms with van der Waals surface area (Å²) in [5.41, 5.74) is 1.24. The molecule has 0 heterocycles. The van der Waals surface area contributed by atoms with E-state index in [0.29, 0.717) is 16.8 Å². The van der Waals surface area contributed by atoms with E-state index in [1.807, 2.05) is 36.4 Å². The molecule has 2 aromatic rings. The van der Waals surface area contributed by atoms with Crippen LogP contribution in [0.5, 0.6) is 11.5 Å². The van der Waals surface area contributed by atoms with E-state index in [4.69, 9.17) is 16.3 Å². The van der Waals surface area contributed by atoms with E-state index >= 15 is 0 Å². The van der Waals surface area contributed by atoms with Crippen molar-refractivity contribution in [3.63, 3.8) is 0 Å². The molecular formula is C16H18ClNO. The minimum absolute atomic E-state index is 0.485. The summed E-state index contributed by atoms with van der Waals surface area (Å²) in [6.07, 6.45) is 0. The molecule has 0 bridgehead atoms. The zero-order chi connectivity index (χ0) is 13.7. The van der Waals surface area contributed by atoms with Crippen LogP contribution in [0.3, 0.4) is 0 Å². The smallest absolute Gasteiger partial charge is 0.146 e. The van der Waals surface area contributed by atoms with Crippen molar-refractivity contribution in [2.75, 3.05) is 0 Å². The van der Waals surface area contributed by atoms with Gasteiger partial charge in [0, 0.05) is 12.6 Å². The Hall–Kier alpha value is -1.51. The van der Waals surface area contributed by atoms with Crippen molar-refractivity contribution in [3.05, 3.63) is 59.1 Å². The molecule has 0 aliphatic heterocycles. The largest absolute Gasteiger partial charge is 0.456 e. The van der Waals surface area contributed by atoms with Gasteiger partial charge in [0.1, 0.15) is 11.5 Å². The molecule has 2 rings (SSSR count). The maximum absolute atomic E-state index is 6.05. The van der Waals surface area contributed by atoms with Gasteiger partial charge in [0.2, 0.25) is 0 Å². The van der Waals surface area contributed by atoms with Gasteiger partial charge in [-0.2, -0.15) is 0 Å². The van der Waals surface area contributed by atoms with Crippen molar-refractivity contribution in [2.24, 2.45) is 0 Å². The Balaban J connectivity index is 2.01. The fraction of sp³-hybridized carbons (Fsp3) is 0.250. The van der Waals surface area contributed by atoms with Crippen molar-refractivity contribution < 1.29 is 4.74 Å². The Morgan fingerprint density at radius 1 is 1.05 bits per heavy atom. The molecule has 0 saturated carbocycles. The van der Waals surface area contributed by atoms with Crippen molar-refractivity contribution in [1.29, 1.82) is 0 Å². The molecule has 2 nitrogen and oxygen atoms in total. The molecule has 0 radical (unpaired) electrons. The number of para-hydroxylation sites is 1. The van der Waals surface area contributed by atoms with Crippen LogP contribution in [0.25, 0.3) is 0 Å². The molecule has 0 aliphatic carbocycles. The third-order valence-corrected chi connectivity index (χ3v) is 3.01. The normalized spacial score (nSPS) is 10.7. The van der Waals surface area contributed by atoms with Gasteiger partial charge in [-0.3, -0.25) is 0 Å². The molecule has 100 valence electrons. The Morgan fingerprint density at radius 2 is 1.74 bits per heavy atom.